The maximum atomic E-state index is 12.2. The predicted molar refractivity (Wildman–Crippen MR) is 46.8 cm³/mol. The van der Waals surface area contributed by atoms with E-state index in [9.17, 15) is 8.78 Å². The zero-order valence-corrected chi connectivity index (χ0v) is 7.43. The van der Waals surface area contributed by atoms with Gasteiger partial charge in [0.2, 0.25) is 0 Å². The lowest BCUT2D eigenvalue weighted by Gasteiger charge is -2.02. The third kappa shape index (κ3) is 3.06. The Balaban J connectivity index is 2.68. The van der Waals surface area contributed by atoms with Crippen molar-refractivity contribution in [3.8, 4) is 0 Å². The molecule has 1 N–H and O–H groups in total. The number of alkyl halides is 2. The van der Waals surface area contributed by atoms with Crippen molar-refractivity contribution in [2.45, 2.75) is 12.8 Å². The fraction of sp³-hybridized carbons (Fsp3) is 0.444. The fourth-order valence-electron chi connectivity index (χ4n) is 1.04. The first-order valence-corrected chi connectivity index (χ1v) is 4.11. The minimum absolute atomic E-state index is 0.145. The second-order valence-electron chi connectivity index (χ2n) is 2.74. The Kier molecular flexibility index (Phi) is 3.76. The molecule has 0 aliphatic heterocycles. The van der Waals surface area contributed by atoms with Crippen LogP contribution >= 0.6 is 0 Å². The van der Waals surface area contributed by atoms with Crippen LogP contribution in [0.2, 0.25) is 0 Å². The molecular formula is C9H12F2N2. The lowest BCUT2D eigenvalue weighted by atomic mass is 10.1. The predicted octanol–water partition coefficient (Wildman–Crippen LogP) is 1.78. The Labute approximate surface area is 76.0 Å². The number of pyridine rings is 1. The first-order valence-electron chi connectivity index (χ1n) is 4.11. The third-order valence-electron chi connectivity index (χ3n) is 1.73. The second-order valence-corrected chi connectivity index (χ2v) is 2.74. The molecular weight excluding hydrogens is 174 g/mol. The molecule has 1 rings (SSSR count). The first-order chi connectivity index (χ1) is 6.24. The summed E-state index contributed by atoms with van der Waals surface area (Å²) in [5.74, 6) is 0. The van der Waals surface area contributed by atoms with E-state index in [1.54, 1.807) is 6.07 Å². The van der Waals surface area contributed by atoms with Gasteiger partial charge in [0.1, 0.15) is 5.69 Å². The van der Waals surface area contributed by atoms with E-state index in [0.29, 0.717) is 0 Å². The highest BCUT2D eigenvalue weighted by Crippen LogP contribution is 2.16. The van der Waals surface area contributed by atoms with Gasteiger partial charge < -0.3 is 5.32 Å². The number of likely N-dealkylation sites (N-methyl/N-ethyl adjacent to an activating group) is 1. The van der Waals surface area contributed by atoms with E-state index < -0.39 is 6.43 Å². The van der Waals surface area contributed by atoms with E-state index in [4.69, 9.17) is 0 Å². The molecule has 1 heterocycles. The van der Waals surface area contributed by atoms with Crippen molar-refractivity contribution in [3.63, 3.8) is 0 Å². The standard InChI is InChI=1S/C9H12F2N2/c1-12-4-2-7-3-5-13-8(6-7)9(10)11/h3,5-6,9,12H,2,4H2,1H3. The Bertz CT molecular complexity index is 264. The van der Waals surface area contributed by atoms with Crippen molar-refractivity contribution >= 4 is 0 Å². The van der Waals surface area contributed by atoms with Crippen molar-refractivity contribution in [3.05, 3.63) is 29.6 Å². The molecule has 0 atom stereocenters. The van der Waals surface area contributed by atoms with E-state index in [0.717, 1.165) is 18.5 Å². The summed E-state index contributed by atoms with van der Waals surface area (Å²) < 4.78 is 24.4. The van der Waals surface area contributed by atoms with Crippen molar-refractivity contribution in [1.82, 2.24) is 10.3 Å². The molecule has 1 aromatic rings. The van der Waals surface area contributed by atoms with Crippen LogP contribution in [0, 0.1) is 0 Å². The van der Waals surface area contributed by atoms with Crippen LogP contribution in [0.5, 0.6) is 0 Å². The summed E-state index contributed by atoms with van der Waals surface area (Å²) in [4.78, 5) is 3.58. The lowest BCUT2D eigenvalue weighted by molar-refractivity contribution is 0.146. The second kappa shape index (κ2) is 4.87. The molecule has 0 fully saturated rings. The first kappa shape index (κ1) is 10.1. The van der Waals surface area contributed by atoms with E-state index in [1.807, 2.05) is 7.05 Å². The zero-order valence-electron chi connectivity index (χ0n) is 7.43. The number of nitrogens with zero attached hydrogens (tertiary/aromatic N) is 1. The fourth-order valence-corrected chi connectivity index (χ4v) is 1.04. The lowest BCUT2D eigenvalue weighted by Crippen LogP contribution is -2.10. The maximum Gasteiger partial charge on any atom is 0.280 e. The molecule has 0 aliphatic rings. The van der Waals surface area contributed by atoms with Gasteiger partial charge in [0.15, 0.2) is 0 Å². The van der Waals surface area contributed by atoms with E-state index >= 15 is 0 Å². The molecule has 0 unspecified atom stereocenters. The Morgan fingerprint density at radius 3 is 2.92 bits per heavy atom. The summed E-state index contributed by atoms with van der Waals surface area (Å²) in [6.45, 7) is 0.784. The quantitative estimate of drug-likeness (QED) is 0.775. The summed E-state index contributed by atoms with van der Waals surface area (Å²) in [5.41, 5.74) is 0.744. The van der Waals surface area contributed by atoms with Crippen molar-refractivity contribution < 1.29 is 8.78 Å². The molecule has 0 spiro atoms. The summed E-state index contributed by atoms with van der Waals surface area (Å²) in [7, 11) is 1.83. The molecule has 0 amide bonds. The highest BCUT2D eigenvalue weighted by molar-refractivity contribution is 5.17. The summed E-state index contributed by atoms with van der Waals surface area (Å²) in [5, 5.41) is 2.96. The van der Waals surface area contributed by atoms with Gasteiger partial charge in [-0.1, -0.05) is 0 Å². The maximum absolute atomic E-state index is 12.2. The molecule has 4 heteroatoms. The van der Waals surface area contributed by atoms with Gasteiger partial charge in [-0.3, -0.25) is 4.98 Å². The topological polar surface area (TPSA) is 24.9 Å². The van der Waals surface area contributed by atoms with Crippen molar-refractivity contribution in [1.29, 1.82) is 0 Å². The van der Waals surface area contributed by atoms with E-state index in [1.165, 1.54) is 12.3 Å². The Morgan fingerprint density at radius 1 is 1.54 bits per heavy atom. The van der Waals surface area contributed by atoms with Crippen LogP contribution in [-0.2, 0) is 6.42 Å². The number of rotatable bonds is 4. The Hall–Kier alpha value is -1.03. The van der Waals surface area contributed by atoms with Gasteiger partial charge in [-0.05, 0) is 37.7 Å². The molecule has 2 nitrogen and oxygen atoms in total. The molecule has 1 aromatic heterocycles. The number of aromatic nitrogens is 1. The van der Waals surface area contributed by atoms with Gasteiger partial charge in [-0.2, -0.15) is 0 Å². The summed E-state index contributed by atoms with van der Waals surface area (Å²) >= 11 is 0. The molecule has 0 aromatic carbocycles. The molecule has 0 saturated heterocycles. The average Bonchev–Trinajstić information content (AvgIpc) is 2.15. The van der Waals surface area contributed by atoms with Crippen LogP contribution in [0.3, 0.4) is 0 Å². The van der Waals surface area contributed by atoms with Gasteiger partial charge in [0, 0.05) is 6.20 Å². The van der Waals surface area contributed by atoms with Crippen LogP contribution in [0.4, 0.5) is 8.78 Å². The van der Waals surface area contributed by atoms with E-state index in [2.05, 4.69) is 10.3 Å². The van der Waals surface area contributed by atoms with Gasteiger partial charge in [-0.15, -0.1) is 0 Å². The molecule has 0 radical (unpaired) electrons. The normalized spacial score (nSPS) is 10.8. The smallest absolute Gasteiger partial charge is 0.280 e. The van der Waals surface area contributed by atoms with Crippen LogP contribution in [0.1, 0.15) is 17.7 Å². The van der Waals surface area contributed by atoms with Gasteiger partial charge in [-0.25, -0.2) is 8.78 Å². The molecule has 0 saturated carbocycles. The number of nitrogens with one attached hydrogen (secondary N) is 1. The average molecular weight is 186 g/mol. The van der Waals surface area contributed by atoms with Gasteiger partial charge in [0.25, 0.3) is 6.43 Å². The Morgan fingerprint density at radius 2 is 2.31 bits per heavy atom. The van der Waals surface area contributed by atoms with Crippen LogP contribution in [0.25, 0.3) is 0 Å². The molecule has 72 valence electrons. The van der Waals surface area contributed by atoms with Crippen molar-refractivity contribution in [2.24, 2.45) is 0 Å². The zero-order chi connectivity index (χ0) is 9.68. The number of hydrogen-bond acceptors (Lipinski definition) is 2. The summed E-state index contributed by atoms with van der Waals surface area (Å²) in [6, 6.07) is 3.20. The van der Waals surface area contributed by atoms with E-state index in [-0.39, 0.29) is 5.69 Å². The van der Waals surface area contributed by atoms with Crippen LogP contribution in [-0.4, -0.2) is 18.6 Å². The number of hydrogen-bond donors (Lipinski definition) is 1. The molecule has 0 aliphatic carbocycles. The largest absolute Gasteiger partial charge is 0.319 e. The monoisotopic (exact) mass is 186 g/mol. The minimum atomic E-state index is -2.48. The highest BCUT2D eigenvalue weighted by atomic mass is 19.3. The van der Waals surface area contributed by atoms with Gasteiger partial charge >= 0.3 is 0 Å². The number of halogens is 2. The summed E-state index contributed by atoms with van der Waals surface area (Å²) in [6.07, 6.45) is -0.305. The SMILES string of the molecule is CNCCc1ccnc(C(F)F)c1. The highest BCUT2D eigenvalue weighted by Gasteiger charge is 2.08. The van der Waals surface area contributed by atoms with Crippen LogP contribution < -0.4 is 5.32 Å². The van der Waals surface area contributed by atoms with Crippen LogP contribution in [0.15, 0.2) is 18.3 Å². The van der Waals surface area contributed by atoms with Gasteiger partial charge in [0.05, 0.1) is 0 Å². The molecule has 13 heavy (non-hydrogen) atoms. The molecule has 0 bridgehead atoms. The van der Waals surface area contributed by atoms with Crippen molar-refractivity contribution in [2.75, 3.05) is 13.6 Å². The minimum Gasteiger partial charge on any atom is -0.319 e. The third-order valence-corrected chi connectivity index (χ3v) is 1.73.